The minimum Gasteiger partial charge on any atom is -0.351 e. The molecule has 2 atom stereocenters. The molecule has 1 amide bonds. The molecule has 5 heteroatoms. The highest BCUT2D eigenvalue weighted by atomic mass is 16.2. The summed E-state index contributed by atoms with van der Waals surface area (Å²) in [5.74, 6) is 0.0152. The lowest BCUT2D eigenvalue weighted by Gasteiger charge is -2.17. The molecule has 3 N–H and O–H groups in total. The van der Waals surface area contributed by atoms with Crippen LogP contribution >= 0.6 is 0 Å². The van der Waals surface area contributed by atoms with Crippen molar-refractivity contribution in [3.8, 4) is 16.9 Å². The molecule has 2 unspecified atom stereocenters. The third-order valence-electron chi connectivity index (χ3n) is 4.87. The van der Waals surface area contributed by atoms with Gasteiger partial charge >= 0.3 is 0 Å². The Labute approximate surface area is 160 Å². The van der Waals surface area contributed by atoms with Gasteiger partial charge in [-0.3, -0.25) is 4.79 Å². The molecule has 27 heavy (non-hydrogen) atoms. The number of amides is 1. The normalized spacial score (nSPS) is 13.1. The van der Waals surface area contributed by atoms with Gasteiger partial charge in [-0.15, -0.1) is 0 Å². The second-order valence-corrected chi connectivity index (χ2v) is 6.78. The van der Waals surface area contributed by atoms with Crippen LogP contribution in [-0.2, 0) is 11.3 Å². The van der Waals surface area contributed by atoms with Crippen molar-refractivity contribution in [3.63, 3.8) is 0 Å². The van der Waals surface area contributed by atoms with Gasteiger partial charge in [0.2, 0.25) is 5.91 Å². The monoisotopic (exact) mass is 362 g/mol. The predicted molar refractivity (Wildman–Crippen MR) is 108 cm³/mol. The van der Waals surface area contributed by atoms with Crippen molar-refractivity contribution in [2.75, 3.05) is 0 Å². The zero-order valence-corrected chi connectivity index (χ0v) is 15.8. The summed E-state index contributed by atoms with van der Waals surface area (Å²) in [6.45, 7) is 4.42. The average Bonchev–Trinajstić information content (AvgIpc) is 3.16. The Balaban J connectivity index is 1.87. The zero-order valence-electron chi connectivity index (χ0n) is 15.8. The van der Waals surface area contributed by atoms with Gasteiger partial charge in [0.05, 0.1) is 17.4 Å². The molecule has 2 aromatic carbocycles. The second-order valence-electron chi connectivity index (χ2n) is 6.78. The number of nitrogens with zero attached hydrogens (tertiary/aromatic N) is 2. The van der Waals surface area contributed by atoms with Gasteiger partial charge < -0.3 is 11.1 Å². The molecular weight excluding hydrogens is 336 g/mol. The first kappa shape index (κ1) is 18.9. The number of hydrogen-bond donors (Lipinski definition) is 2. The minimum atomic E-state index is -0.501. The average molecular weight is 362 g/mol. The van der Waals surface area contributed by atoms with Crippen molar-refractivity contribution in [1.82, 2.24) is 15.1 Å². The van der Waals surface area contributed by atoms with Crippen LogP contribution in [0.1, 0.15) is 25.8 Å². The lowest BCUT2D eigenvalue weighted by Crippen LogP contribution is -2.44. The molecule has 0 bridgehead atoms. The van der Waals surface area contributed by atoms with Crippen LogP contribution in [0.2, 0.25) is 0 Å². The molecule has 0 fully saturated rings. The number of rotatable bonds is 7. The number of para-hydroxylation sites is 1. The Morgan fingerprint density at radius 1 is 1.11 bits per heavy atom. The Bertz CT molecular complexity index is 874. The first-order valence-electron chi connectivity index (χ1n) is 9.32. The van der Waals surface area contributed by atoms with E-state index in [1.165, 1.54) is 0 Å². The summed E-state index contributed by atoms with van der Waals surface area (Å²) in [7, 11) is 0. The maximum atomic E-state index is 12.4. The molecule has 0 spiro atoms. The fourth-order valence-electron chi connectivity index (χ4n) is 2.90. The van der Waals surface area contributed by atoms with Gasteiger partial charge in [0.1, 0.15) is 0 Å². The van der Waals surface area contributed by atoms with Gasteiger partial charge in [-0.2, -0.15) is 5.10 Å². The highest BCUT2D eigenvalue weighted by Gasteiger charge is 2.20. The molecule has 0 radical (unpaired) electrons. The first-order chi connectivity index (χ1) is 13.1. The molecular formula is C22H26N4O. The Morgan fingerprint density at radius 2 is 1.74 bits per heavy atom. The Morgan fingerprint density at radius 3 is 2.37 bits per heavy atom. The van der Waals surface area contributed by atoms with E-state index in [1.54, 1.807) is 0 Å². The number of carbonyl (C=O) groups excluding carboxylic acids is 1. The van der Waals surface area contributed by atoms with Crippen molar-refractivity contribution in [2.45, 2.75) is 32.9 Å². The molecule has 0 saturated heterocycles. The number of nitrogens with two attached hydrogens (primary N) is 1. The molecule has 0 aliphatic carbocycles. The zero-order chi connectivity index (χ0) is 19.2. The molecule has 0 aliphatic heterocycles. The summed E-state index contributed by atoms with van der Waals surface area (Å²) in [4.78, 5) is 12.4. The molecule has 0 saturated carbocycles. The molecule has 3 aromatic rings. The van der Waals surface area contributed by atoms with Crippen molar-refractivity contribution < 1.29 is 4.79 Å². The SMILES string of the molecule is CCC(C)C(N)C(=O)NCc1cn(-c2ccccc2)nc1-c1ccccc1. The summed E-state index contributed by atoms with van der Waals surface area (Å²) in [5.41, 5.74) is 9.85. The van der Waals surface area contributed by atoms with Crippen LogP contribution in [-0.4, -0.2) is 21.7 Å². The number of nitrogens with one attached hydrogen (secondary N) is 1. The topological polar surface area (TPSA) is 72.9 Å². The van der Waals surface area contributed by atoms with Crippen LogP contribution in [0.15, 0.2) is 66.9 Å². The van der Waals surface area contributed by atoms with Gasteiger partial charge in [-0.25, -0.2) is 4.68 Å². The fraction of sp³-hybridized carbons (Fsp3) is 0.273. The maximum Gasteiger partial charge on any atom is 0.237 e. The second kappa shape index (κ2) is 8.64. The van der Waals surface area contributed by atoms with E-state index in [-0.39, 0.29) is 11.8 Å². The number of aromatic nitrogens is 2. The van der Waals surface area contributed by atoms with Crippen LogP contribution in [0.3, 0.4) is 0 Å². The van der Waals surface area contributed by atoms with Crippen LogP contribution in [0.5, 0.6) is 0 Å². The van der Waals surface area contributed by atoms with E-state index in [0.29, 0.717) is 6.54 Å². The van der Waals surface area contributed by atoms with Gasteiger partial charge in [0.15, 0.2) is 0 Å². The number of carbonyl (C=O) groups is 1. The third-order valence-corrected chi connectivity index (χ3v) is 4.87. The van der Waals surface area contributed by atoms with Crippen LogP contribution < -0.4 is 11.1 Å². The van der Waals surface area contributed by atoms with Gasteiger partial charge in [0.25, 0.3) is 0 Å². The summed E-state index contributed by atoms with van der Waals surface area (Å²) in [6, 6.07) is 19.4. The molecule has 3 rings (SSSR count). The Kier molecular flexibility index (Phi) is 6.04. The van der Waals surface area contributed by atoms with Crippen LogP contribution in [0, 0.1) is 5.92 Å². The van der Waals surface area contributed by atoms with Crippen LogP contribution in [0.25, 0.3) is 16.9 Å². The summed E-state index contributed by atoms with van der Waals surface area (Å²) in [5, 5.41) is 7.73. The predicted octanol–water partition coefficient (Wildman–Crippen LogP) is 3.53. The fourth-order valence-corrected chi connectivity index (χ4v) is 2.90. The standard InChI is InChI=1S/C22H26N4O/c1-3-16(2)20(23)22(27)24-14-18-15-26(19-12-8-5-9-13-19)25-21(18)17-10-6-4-7-11-17/h4-13,15-16,20H,3,14,23H2,1-2H3,(H,24,27). The van der Waals surface area contributed by atoms with E-state index in [9.17, 15) is 4.79 Å². The molecule has 5 nitrogen and oxygen atoms in total. The van der Waals surface area contributed by atoms with Gasteiger partial charge in [-0.05, 0) is 18.1 Å². The molecule has 1 aromatic heterocycles. The van der Waals surface area contributed by atoms with Crippen LogP contribution in [0.4, 0.5) is 0 Å². The van der Waals surface area contributed by atoms with Gasteiger partial charge in [0, 0.05) is 23.9 Å². The smallest absolute Gasteiger partial charge is 0.237 e. The molecule has 1 heterocycles. The van der Waals surface area contributed by atoms with Crippen molar-refractivity contribution >= 4 is 5.91 Å². The lowest BCUT2D eigenvalue weighted by atomic mass is 9.99. The largest absolute Gasteiger partial charge is 0.351 e. The summed E-state index contributed by atoms with van der Waals surface area (Å²) < 4.78 is 1.85. The van der Waals surface area contributed by atoms with E-state index in [2.05, 4.69) is 5.32 Å². The van der Waals surface area contributed by atoms with E-state index in [4.69, 9.17) is 10.8 Å². The van der Waals surface area contributed by atoms with E-state index >= 15 is 0 Å². The van der Waals surface area contributed by atoms with E-state index in [0.717, 1.165) is 28.9 Å². The first-order valence-corrected chi connectivity index (χ1v) is 9.32. The van der Waals surface area contributed by atoms with E-state index < -0.39 is 6.04 Å². The van der Waals surface area contributed by atoms with Gasteiger partial charge in [-0.1, -0.05) is 68.8 Å². The van der Waals surface area contributed by atoms with Crippen molar-refractivity contribution in [3.05, 3.63) is 72.4 Å². The highest BCUT2D eigenvalue weighted by molar-refractivity contribution is 5.82. The molecule has 0 aliphatic rings. The maximum absolute atomic E-state index is 12.4. The number of hydrogen-bond acceptors (Lipinski definition) is 3. The van der Waals surface area contributed by atoms with E-state index in [1.807, 2.05) is 85.4 Å². The van der Waals surface area contributed by atoms with Crippen molar-refractivity contribution in [1.29, 1.82) is 0 Å². The number of benzene rings is 2. The minimum absolute atomic E-state index is 0.129. The molecule has 140 valence electrons. The highest BCUT2D eigenvalue weighted by Crippen LogP contribution is 2.23. The Hall–Kier alpha value is -2.92. The lowest BCUT2D eigenvalue weighted by molar-refractivity contribution is -0.123. The quantitative estimate of drug-likeness (QED) is 0.675. The van der Waals surface area contributed by atoms with Crippen molar-refractivity contribution in [2.24, 2.45) is 11.7 Å². The summed E-state index contributed by atoms with van der Waals surface area (Å²) >= 11 is 0. The summed E-state index contributed by atoms with van der Waals surface area (Å²) in [6.07, 6.45) is 2.84. The third kappa shape index (κ3) is 4.44.